The van der Waals surface area contributed by atoms with Gasteiger partial charge in [-0.05, 0) is 29.8 Å². The molecule has 7 nitrogen and oxygen atoms in total. The second-order valence-corrected chi connectivity index (χ2v) is 3.49. The summed E-state index contributed by atoms with van der Waals surface area (Å²) in [5.41, 5.74) is 0.574. The summed E-state index contributed by atoms with van der Waals surface area (Å²) in [6.45, 7) is 0. The number of carbonyl (C=O) groups is 2. The molecule has 0 aliphatic heterocycles. The molecule has 0 radical (unpaired) electrons. The standard InChI is InChI=1S/C12H11NO6/c14-11(15)5-2-8-1-4-10(13(18)19)9(7-8)3-6-12(16)17/h1-7,13,18H,(H,14,15)(H,16,17). The molecule has 100 valence electrons. The number of nitrogens with one attached hydrogen (secondary N) is 1. The Morgan fingerprint density at radius 1 is 1.11 bits per heavy atom. The predicted molar refractivity (Wildman–Crippen MR) is 65.6 cm³/mol. The minimum atomic E-state index is -1.21. The third-order valence-corrected chi connectivity index (χ3v) is 2.13. The second kappa shape index (κ2) is 6.45. The molecule has 0 bridgehead atoms. The zero-order chi connectivity index (χ0) is 14.4. The highest BCUT2D eigenvalue weighted by Crippen LogP contribution is 2.16. The van der Waals surface area contributed by atoms with Crippen LogP contribution in [-0.4, -0.2) is 27.4 Å². The maximum atomic E-state index is 11.0. The highest BCUT2D eigenvalue weighted by molar-refractivity contribution is 5.87. The van der Waals surface area contributed by atoms with Crippen molar-refractivity contribution >= 4 is 29.8 Å². The Bertz CT molecular complexity index is 547. The van der Waals surface area contributed by atoms with Crippen molar-refractivity contribution < 1.29 is 30.2 Å². The Morgan fingerprint density at radius 2 is 1.68 bits per heavy atom. The van der Waals surface area contributed by atoms with Crippen LogP contribution in [0.2, 0.25) is 0 Å². The van der Waals surface area contributed by atoms with E-state index in [1.165, 1.54) is 24.3 Å². The Hall–Kier alpha value is -2.48. The van der Waals surface area contributed by atoms with E-state index in [0.29, 0.717) is 5.56 Å². The van der Waals surface area contributed by atoms with Crippen LogP contribution in [0, 0.1) is 5.21 Å². The largest absolute Gasteiger partial charge is 0.595 e. The predicted octanol–water partition coefficient (Wildman–Crippen LogP) is 0.286. The van der Waals surface area contributed by atoms with E-state index >= 15 is 0 Å². The van der Waals surface area contributed by atoms with Crippen LogP contribution in [-0.2, 0) is 9.59 Å². The Kier molecular flexibility index (Phi) is 4.95. The minimum absolute atomic E-state index is 0.0648. The fourth-order valence-corrected chi connectivity index (χ4v) is 1.35. The molecule has 1 aromatic carbocycles. The lowest BCUT2D eigenvalue weighted by molar-refractivity contribution is -0.991. The van der Waals surface area contributed by atoms with Crippen molar-refractivity contribution in [2.75, 3.05) is 0 Å². The molecule has 0 saturated carbocycles. The van der Waals surface area contributed by atoms with Crippen molar-refractivity contribution in [2.45, 2.75) is 0 Å². The van der Waals surface area contributed by atoms with Gasteiger partial charge in [0.1, 0.15) is 0 Å². The van der Waals surface area contributed by atoms with Gasteiger partial charge in [-0.15, -0.1) is 0 Å². The van der Waals surface area contributed by atoms with Crippen molar-refractivity contribution in [3.05, 3.63) is 46.7 Å². The molecule has 0 amide bonds. The Labute approximate surface area is 107 Å². The quantitative estimate of drug-likeness (QED) is 0.448. The Balaban J connectivity index is 3.18. The van der Waals surface area contributed by atoms with E-state index in [1.54, 1.807) is 0 Å². The number of hydrogen-bond acceptors (Lipinski definition) is 4. The fourth-order valence-electron chi connectivity index (χ4n) is 1.35. The lowest BCUT2D eigenvalue weighted by atomic mass is 10.1. The van der Waals surface area contributed by atoms with E-state index in [-0.39, 0.29) is 11.3 Å². The fraction of sp³-hybridized carbons (Fsp3) is 0. The maximum absolute atomic E-state index is 11.0. The lowest BCUT2D eigenvalue weighted by Gasteiger charge is -2.14. The number of quaternary nitrogens is 1. The smallest absolute Gasteiger partial charge is 0.328 e. The van der Waals surface area contributed by atoms with Crippen LogP contribution in [0.1, 0.15) is 11.1 Å². The molecule has 0 aromatic heterocycles. The van der Waals surface area contributed by atoms with Crippen molar-refractivity contribution in [2.24, 2.45) is 0 Å². The molecule has 0 spiro atoms. The molecule has 4 N–H and O–H groups in total. The van der Waals surface area contributed by atoms with E-state index in [4.69, 9.17) is 15.4 Å². The van der Waals surface area contributed by atoms with Gasteiger partial charge in [-0.3, -0.25) is 0 Å². The molecule has 1 rings (SSSR count). The molecule has 0 aliphatic carbocycles. The highest BCUT2D eigenvalue weighted by Gasteiger charge is 2.07. The summed E-state index contributed by atoms with van der Waals surface area (Å²) < 4.78 is 0. The topological polar surface area (TPSA) is 122 Å². The first-order valence-electron chi connectivity index (χ1n) is 5.09. The summed E-state index contributed by atoms with van der Waals surface area (Å²) in [5, 5.41) is 35.7. The van der Waals surface area contributed by atoms with Gasteiger partial charge in [0.15, 0.2) is 5.69 Å². The van der Waals surface area contributed by atoms with E-state index in [0.717, 1.165) is 18.2 Å². The molecule has 0 fully saturated rings. The Morgan fingerprint density at radius 3 is 2.21 bits per heavy atom. The average Bonchev–Trinajstić information content (AvgIpc) is 2.33. The molecule has 1 unspecified atom stereocenters. The number of carboxylic acid groups (broad SMARTS) is 2. The van der Waals surface area contributed by atoms with E-state index < -0.39 is 17.2 Å². The number of carboxylic acids is 2. The van der Waals surface area contributed by atoms with Crippen molar-refractivity contribution in [1.29, 1.82) is 0 Å². The van der Waals surface area contributed by atoms with Crippen molar-refractivity contribution in [3.8, 4) is 0 Å². The van der Waals surface area contributed by atoms with Gasteiger partial charge >= 0.3 is 11.9 Å². The van der Waals surface area contributed by atoms with Crippen LogP contribution < -0.4 is 5.23 Å². The van der Waals surface area contributed by atoms with Gasteiger partial charge in [0.25, 0.3) is 0 Å². The van der Waals surface area contributed by atoms with Crippen LogP contribution >= 0.6 is 0 Å². The van der Waals surface area contributed by atoms with Crippen LogP contribution in [0.15, 0.2) is 30.4 Å². The number of aliphatic carboxylic acids is 2. The van der Waals surface area contributed by atoms with Crippen molar-refractivity contribution in [1.82, 2.24) is 0 Å². The van der Waals surface area contributed by atoms with Crippen LogP contribution in [0.4, 0.5) is 5.69 Å². The molecule has 1 aromatic rings. The summed E-state index contributed by atoms with van der Waals surface area (Å²) >= 11 is 0. The highest BCUT2D eigenvalue weighted by atomic mass is 16.8. The summed E-state index contributed by atoms with van der Waals surface area (Å²) in [6.07, 6.45) is 4.14. The third kappa shape index (κ3) is 4.72. The SMILES string of the molecule is O=C(O)C=Cc1ccc([NH+]([O-])O)c(C=CC(=O)O)c1. The molecular formula is C12H11NO6. The van der Waals surface area contributed by atoms with E-state index in [1.807, 2.05) is 0 Å². The van der Waals surface area contributed by atoms with Gasteiger partial charge in [-0.25, -0.2) is 14.8 Å². The molecule has 7 heteroatoms. The second-order valence-electron chi connectivity index (χ2n) is 3.49. The van der Waals surface area contributed by atoms with Gasteiger partial charge in [-0.1, -0.05) is 0 Å². The molecule has 0 saturated heterocycles. The number of benzene rings is 1. The lowest BCUT2D eigenvalue weighted by Crippen LogP contribution is -2.99. The van der Waals surface area contributed by atoms with Gasteiger partial charge < -0.3 is 15.4 Å². The van der Waals surface area contributed by atoms with Gasteiger partial charge in [-0.2, -0.15) is 5.23 Å². The van der Waals surface area contributed by atoms with Gasteiger partial charge in [0, 0.05) is 23.8 Å². The third-order valence-electron chi connectivity index (χ3n) is 2.13. The van der Waals surface area contributed by atoms with Crippen LogP contribution in [0.3, 0.4) is 0 Å². The monoisotopic (exact) mass is 265 g/mol. The molecule has 1 atom stereocenters. The first-order valence-corrected chi connectivity index (χ1v) is 5.09. The molecular weight excluding hydrogens is 254 g/mol. The van der Waals surface area contributed by atoms with Crippen LogP contribution in [0.25, 0.3) is 12.2 Å². The summed E-state index contributed by atoms with van der Waals surface area (Å²) in [4.78, 5) is 20.8. The van der Waals surface area contributed by atoms with Gasteiger partial charge in [0.2, 0.25) is 0 Å². The molecule has 19 heavy (non-hydrogen) atoms. The first kappa shape index (κ1) is 14.6. The number of hydrogen-bond donors (Lipinski definition) is 4. The summed E-state index contributed by atoms with van der Waals surface area (Å²) in [7, 11) is 0. The minimum Gasteiger partial charge on any atom is -0.595 e. The average molecular weight is 265 g/mol. The maximum Gasteiger partial charge on any atom is 0.328 e. The zero-order valence-electron chi connectivity index (χ0n) is 9.61. The van der Waals surface area contributed by atoms with Gasteiger partial charge in [0.05, 0.1) is 0 Å². The summed E-state index contributed by atoms with van der Waals surface area (Å²) in [5.74, 6) is -2.34. The number of rotatable bonds is 5. The first-order chi connectivity index (χ1) is 8.90. The zero-order valence-corrected chi connectivity index (χ0v) is 9.61. The van der Waals surface area contributed by atoms with E-state index in [2.05, 4.69) is 0 Å². The summed E-state index contributed by atoms with van der Waals surface area (Å²) in [6, 6.07) is 4.11. The van der Waals surface area contributed by atoms with Crippen molar-refractivity contribution in [3.63, 3.8) is 0 Å². The normalized spacial score (nSPS) is 12.9. The molecule has 0 aliphatic rings. The molecule has 0 heterocycles. The van der Waals surface area contributed by atoms with E-state index in [9.17, 15) is 14.8 Å². The van der Waals surface area contributed by atoms with Crippen LogP contribution in [0.5, 0.6) is 0 Å².